The molecule has 0 spiro atoms. The third-order valence-corrected chi connectivity index (χ3v) is 11.1. The molecule has 2 amide bonds. The maximum absolute atomic E-state index is 12.3. The lowest BCUT2D eigenvalue weighted by Crippen LogP contribution is -2.41. The van der Waals surface area contributed by atoms with Gasteiger partial charge in [-0.25, -0.2) is 4.79 Å². The predicted molar refractivity (Wildman–Crippen MR) is 111 cm³/mol. The highest BCUT2D eigenvalue weighted by atomic mass is 32.2. The van der Waals surface area contributed by atoms with Gasteiger partial charge >= 0.3 is 6.09 Å². The van der Waals surface area contributed by atoms with Crippen molar-refractivity contribution in [3.63, 3.8) is 0 Å². The van der Waals surface area contributed by atoms with E-state index in [2.05, 4.69) is 39.2 Å². The van der Waals surface area contributed by atoms with Gasteiger partial charge in [-0.05, 0) is 36.3 Å². The molecule has 8 heteroatoms. The number of nitrogens with one attached hydrogen (secondary N) is 1. The molecule has 2 aliphatic rings. The van der Waals surface area contributed by atoms with Crippen molar-refractivity contribution in [2.75, 3.05) is 29.1 Å². The molecule has 1 fully saturated rings. The normalized spacial score (nSPS) is 20.3. The van der Waals surface area contributed by atoms with Crippen LogP contribution in [-0.4, -0.2) is 45.3 Å². The summed E-state index contributed by atoms with van der Waals surface area (Å²) in [7, 11) is -1.79. The number of benzene rings is 1. The molecule has 148 valence electrons. The van der Waals surface area contributed by atoms with E-state index in [9.17, 15) is 9.59 Å². The van der Waals surface area contributed by atoms with Gasteiger partial charge in [-0.1, -0.05) is 20.8 Å². The van der Waals surface area contributed by atoms with Crippen LogP contribution in [0.2, 0.25) is 18.1 Å². The summed E-state index contributed by atoms with van der Waals surface area (Å²) in [4.78, 5) is 26.6. The fraction of sp³-hybridized carbons (Fsp3) is 0.579. The number of anilines is 2. The van der Waals surface area contributed by atoms with Gasteiger partial charge in [0, 0.05) is 23.6 Å². The van der Waals surface area contributed by atoms with Crippen molar-refractivity contribution in [2.45, 2.75) is 56.3 Å². The van der Waals surface area contributed by atoms with E-state index in [4.69, 9.17) is 9.16 Å². The molecule has 0 aromatic heterocycles. The Hall–Kier alpha value is -1.51. The zero-order chi connectivity index (χ0) is 19.8. The minimum absolute atomic E-state index is 0.0192. The number of hydrogen-bond donors (Lipinski definition) is 1. The summed E-state index contributed by atoms with van der Waals surface area (Å²) in [5.74, 6) is 0.406. The van der Waals surface area contributed by atoms with Crippen LogP contribution in [0.3, 0.4) is 0 Å². The Balaban J connectivity index is 1.60. The Morgan fingerprint density at radius 3 is 2.78 bits per heavy atom. The van der Waals surface area contributed by atoms with Gasteiger partial charge in [0.25, 0.3) is 0 Å². The second kappa shape index (κ2) is 7.48. The number of thioether (sulfide) groups is 1. The summed E-state index contributed by atoms with van der Waals surface area (Å²) in [6.45, 7) is 12.2. The predicted octanol–water partition coefficient (Wildman–Crippen LogP) is 4.47. The third-order valence-electron chi connectivity index (χ3n) is 5.49. The quantitative estimate of drug-likeness (QED) is 0.728. The van der Waals surface area contributed by atoms with Gasteiger partial charge in [-0.15, -0.1) is 11.8 Å². The summed E-state index contributed by atoms with van der Waals surface area (Å²) in [6.07, 6.45) is 0.163. The number of hydrogen-bond acceptors (Lipinski definition) is 5. The molecule has 1 atom stereocenters. The van der Waals surface area contributed by atoms with E-state index < -0.39 is 8.32 Å². The first-order chi connectivity index (χ1) is 12.6. The van der Waals surface area contributed by atoms with Crippen LogP contribution in [0, 0.1) is 0 Å². The van der Waals surface area contributed by atoms with Crippen molar-refractivity contribution >= 4 is 43.5 Å². The van der Waals surface area contributed by atoms with Crippen molar-refractivity contribution in [1.29, 1.82) is 0 Å². The number of amides is 2. The van der Waals surface area contributed by atoms with E-state index >= 15 is 0 Å². The lowest BCUT2D eigenvalue weighted by atomic mass is 10.2. The highest BCUT2D eigenvalue weighted by Crippen LogP contribution is 2.37. The molecule has 0 saturated carbocycles. The Morgan fingerprint density at radius 2 is 2.07 bits per heavy atom. The van der Waals surface area contributed by atoms with Crippen LogP contribution in [0.1, 0.15) is 27.2 Å². The summed E-state index contributed by atoms with van der Waals surface area (Å²) in [5.41, 5.74) is 1.50. The number of fused-ring (bicyclic) bond motifs is 1. The fourth-order valence-electron chi connectivity index (χ4n) is 2.78. The van der Waals surface area contributed by atoms with E-state index in [1.165, 1.54) is 11.8 Å². The zero-order valence-corrected chi connectivity index (χ0v) is 18.4. The lowest BCUT2D eigenvalue weighted by Gasteiger charge is -2.36. The summed E-state index contributed by atoms with van der Waals surface area (Å²) in [5, 5.41) is 3.02. The Labute approximate surface area is 166 Å². The molecule has 1 saturated heterocycles. The molecule has 2 aliphatic heterocycles. The molecule has 1 aromatic carbocycles. The first-order valence-electron chi connectivity index (χ1n) is 9.26. The Morgan fingerprint density at radius 1 is 1.33 bits per heavy atom. The number of carbonyl (C=O) groups excluding carboxylic acids is 2. The van der Waals surface area contributed by atoms with Gasteiger partial charge in [0.1, 0.15) is 6.10 Å². The van der Waals surface area contributed by atoms with Crippen LogP contribution in [0.4, 0.5) is 16.2 Å². The monoisotopic (exact) mass is 408 g/mol. The van der Waals surface area contributed by atoms with Gasteiger partial charge in [0.15, 0.2) is 8.32 Å². The van der Waals surface area contributed by atoms with Crippen LogP contribution in [0.5, 0.6) is 0 Å². The summed E-state index contributed by atoms with van der Waals surface area (Å²) in [6, 6.07) is 5.68. The molecule has 3 rings (SSSR count). The maximum Gasteiger partial charge on any atom is 0.414 e. The number of nitrogens with zero attached hydrogens (tertiary/aromatic N) is 1. The van der Waals surface area contributed by atoms with E-state index in [1.54, 1.807) is 4.90 Å². The van der Waals surface area contributed by atoms with Crippen LogP contribution >= 0.6 is 11.8 Å². The number of carbonyl (C=O) groups is 2. The van der Waals surface area contributed by atoms with Gasteiger partial charge in [-0.3, -0.25) is 9.69 Å². The summed E-state index contributed by atoms with van der Waals surface area (Å²) >= 11 is 1.51. The molecule has 0 aliphatic carbocycles. The molecule has 2 heterocycles. The Bertz CT molecular complexity index is 748. The first kappa shape index (κ1) is 20.2. The van der Waals surface area contributed by atoms with Gasteiger partial charge in [-0.2, -0.15) is 0 Å². The Kier molecular flexibility index (Phi) is 5.61. The van der Waals surface area contributed by atoms with Crippen LogP contribution in [0.25, 0.3) is 0 Å². The molecule has 27 heavy (non-hydrogen) atoms. The SMILES string of the molecule is CC(C)(C)[Si](C)(C)OCCC1CN(c2ccc3c(c2)NC(=O)CS3)C(=O)O1. The molecular weight excluding hydrogens is 380 g/mol. The summed E-state index contributed by atoms with van der Waals surface area (Å²) < 4.78 is 11.7. The second-order valence-corrected chi connectivity index (χ2v) is 14.4. The minimum atomic E-state index is -1.79. The highest BCUT2D eigenvalue weighted by Gasteiger charge is 2.38. The molecule has 0 bridgehead atoms. The van der Waals surface area contributed by atoms with E-state index in [1.807, 2.05) is 18.2 Å². The van der Waals surface area contributed by atoms with Gasteiger partial charge in [0.05, 0.1) is 18.0 Å². The number of cyclic esters (lactones) is 1. The van der Waals surface area contributed by atoms with Crippen molar-refractivity contribution in [3.8, 4) is 0 Å². The average molecular weight is 409 g/mol. The van der Waals surface area contributed by atoms with Gasteiger partial charge in [0.2, 0.25) is 5.91 Å². The van der Waals surface area contributed by atoms with Crippen molar-refractivity contribution in [1.82, 2.24) is 0 Å². The topological polar surface area (TPSA) is 67.9 Å². The second-order valence-electron chi connectivity index (χ2n) is 8.53. The molecular formula is C19H28N2O4SSi. The standard InChI is InChI=1S/C19H28N2O4SSi/c1-19(2,3)27(4,5)24-9-8-14-11-21(18(23)25-14)13-6-7-16-15(10-13)20-17(22)12-26-16/h6-7,10,14H,8-9,11-12H2,1-5H3,(H,20,22). The van der Waals surface area contributed by atoms with Crippen molar-refractivity contribution < 1.29 is 18.8 Å². The average Bonchev–Trinajstić information content (AvgIpc) is 2.93. The molecule has 0 radical (unpaired) electrons. The lowest BCUT2D eigenvalue weighted by molar-refractivity contribution is -0.113. The van der Waals surface area contributed by atoms with Crippen molar-refractivity contribution in [3.05, 3.63) is 18.2 Å². The first-order valence-corrected chi connectivity index (χ1v) is 13.1. The maximum atomic E-state index is 12.3. The molecule has 1 N–H and O–H groups in total. The molecule has 1 aromatic rings. The van der Waals surface area contributed by atoms with E-state index in [-0.39, 0.29) is 23.1 Å². The molecule has 6 nitrogen and oxygen atoms in total. The fourth-order valence-corrected chi connectivity index (χ4v) is 4.63. The zero-order valence-electron chi connectivity index (χ0n) is 16.6. The number of rotatable bonds is 5. The third kappa shape index (κ3) is 4.49. The largest absolute Gasteiger partial charge is 0.444 e. The highest BCUT2D eigenvalue weighted by molar-refractivity contribution is 8.00. The van der Waals surface area contributed by atoms with Crippen LogP contribution < -0.4 is 10.2 Å². The van der Waals surface area contributed by atoms with E-state index in [0.29, 0.717) is 25.3 Å². The van der Waals surface area contributed by atoms with Crippen LogP contribution in [0.15, 0.2) is 23.1 Å². The number of ether oxygens (including phenoxy) is 1. The van der Waals surface area contributed by atoms with Crippen LogP contribution in [-0.2, 0) is 14.0 Å². The molecule has 1 unspecified atom stereocenters. The van der Waals surface area contributed by atoms with Crippen molar-refractivity contribution in [2.24, 2.45) is 0 Å². The van der Waals surface area contributed by atoms with E-state index in [0.717, 1.165) is 16.3 Å². The van der Waals surface area contributed by atoms with Gasteiger partial charge < -0.3 is 14.5 Å². The minimum Gasteiger partial charge on any atom is -0.444 e. The smallest absolute Gasteiger partial charge is 0.414 e.